The number of anilines is 2. The Hall–Kier alpha value is -1.07. The molecule has 4 nitrogen and oxygen atoms in total. The number of nitrogen functional groups attached to an aromatic ring is 1. The first kappa shape index (κ1) is 12.9. The van der Waals surface area contributed by atoms with E-state index in [1.54, 1.807) is 18.3 Å². The van der Waals surface area contributed by atoms with E-state index in [-0.39, 0.29) is 5.78 Å². The topological polar surface area (TPSA) is 58.4 Å². The summed E-state index contributed by atoms with van der Waals surface area (Å²) >= 11 is 1.60. The van der Waals surface area contributed by atoms with Crippen molar-refractivity contribution < 1.29 is 4.79 Å². The SMILES string of the molecule is CC(=O)c1sc(N2CCCNCC2)c(C2CC2)c1N. The van der Waals surface area contributed by atoms with Crippen LogP contribution in [0, 0.1) is 0 Å². The van der Waals surface area contributed by atoms with Gasteiger partial charge in [0.2, 0.25) is 0 Å². The third-order valence-corrected chi connectivity index (χ3v) is 5.28. The first-order valence-electron chi connectivity index (χ1n) is 7.07. The van der Waals surface area contributed by atoms with E-state index in [4.69, 9.17) is 5.73 Å². The van der Waals surface area contributed by atoms with Crippen molar-refractivity contribution in [1.29, 1.82) is 0 Å². The van der Waals surface area contributed by atoms with Crippen LogP contribution in [-0.2, 0) is 0 Å². The van der Waals surface area contributed by atoms with Gasteiger partial charge in [-0.2, -0.15) is 0 Å². The molecule has 0 spiro atoms. The minimum atomic E-state index is 0.101. The standard InChI is InChI=1S/C14H21N3OS/c1-9(18)13-12(15)11(10-3-4-10)14(19-13)17-7-2-5-16-6-8-17/h10,16H,2-8,15H2,1H3. The number of nitrogens with zero attached hydrogens (tertiary/aromatic N) is 1. The number of nitrogens with two attached hydrogens (primary N) is 1. The summed E-state index contributed by atoms with van der Waals surface area (Å²) in [5.74, 6) is 0.694. The molecule has 2 heterocycles. The van der Waals surface area contributed by atoms with Gasteiger partial charge in [-0.1, -0.05) is 0 Å². The molecule has 1 aliphatic carbocycles. The molecule has 1 saturated carbocycles. The lowest BCUT2D eigenvalue weighted by molar-refractivity contribution is 0.102. The second-order valence-electron chi connectivity index (χ2n) is 5.48. The Morgan fingerprint density at radius 3 is 2.84 bits per heavy atom. The summed E-state index contributed by atoms with van der Waals surface area (Å²) in [5, 5.41) is 4.68. The Kier molecular flexibility index (Phi) is 3.50. The molecule has 1 aromatic heterocycles. The van der Waals surface area contributed by atoms with E-state index in [1.165, 1.54) is 23.4 Å². The molecule has 0 amide bonds. The Labute approximate surface area is 118 Å². The highest BCUT2D eigenvalue weighted by atomic mass is 32.1. The van der Waals surface area contributed by atoms with Crippen molar-refractivity contribution in [3.05, 3.63) is 10.4 Å². The molecule has 0 unspecified atom stereocenters. The van der Waals surface area contributed by atoms with E-state index in [0.29, 0.717) is 5.92 Å². The lowest BCUT2D eigenvalue weighted by Gasteiger charge is -2.22. The van der Waals surface area contributed by atoms with E-state index in [1.807, 2.05) is 0 Å². The minimum absolute atomic E-state index is 0.101. The lowest BCUT2D eigenvalue weighted by Crippen LogP contribution is -2.27. The molecule has 104 valence electrons. The Morgan fingerprint density at radius 1 is 1.37 bits per heavy atom. The summed E-state index contributed by atoms with van der Waals surface area (Å²) in [7, 11) is 0. The van der Waals surface area contributed by atoms with Gasteiger partial charge in [0.25, 0.3) is 0 Å². The third-order valence-electron chi connectivity index (χ3n) is 3.90. The van der Waals surface area contributed by atoms with Crippen molar-refractivity contribution in [3.8, 4) is 0 Å². The van der Waals surface area contributed by atoms with Crippen LogP contribution < -0.4 is 16.0 Å². The first-order valence-corrected chi connectivity index (χ1v) is 7.89. The zero-order valence-electron chi connectivity index (χ0n) is 11.4. The second kappa shape index (κ2) is 5.13. The molecule has 0 radical (unpaired) electrons. The van der Waals surface area contributed by atoms with E-state index in [2.05, 4.69) is 10.2 Å². The summed E-state index contributed by atoms with van der Waals surface area (Å²) in [5.41, 5.74) is 8.26. The summed E-state index contributed by atoms with van der Waals surface area (Å²) in [6.07, 6.45) is 3.59. The fraction of sp³-hybridized carbons (Fsp3) is 0.643. The van der Waals surface area contributed by atoms with Crippen molar-refractivity contribution in [2.45, 2.75) is 32.1 Å². The van der Waals surface area contributed by atoms with Gasteiger partial charge in [-0.25, -0.2) is 0 Å². The van der Waals surface area contributed by atoms with Crippen LogP contribution in [0.1, 0.15) is 47.3 Å². The first-order chi connectivity index (χ1) is 9.18. The molecule has 0 aromatic carbocycles. The minimum Gasteiger partial charge on any atom is -0.397 e. The average molecular weight is 279 g/mol. The van der Waals surface area contributed by atoms with Gasteiger partial charge in [0.05, 0.1) is 15.6 Å². The molecule has 2 aliphatic rings. The third kappa shape index (κ3) is 2.49. The molecule has 0 atom stereocenters. The molecule has 3 rings (SSSR count). The van der Waals surface area contributed by atoms with Crippen LogP contribution in [0.2, 0.25) is 0 Å². The van der Waals surface area contributed by atoms with Crippen molar-refractivity contribution >= 4 is 27.8 Å². The zero-order valence-corrected chi connectivity index (χ0v) is 12.2. The van der Waals surface area contributed by atoms with Crippen LogP contribution in [0.3, 0.4) is 0 Å². The highest BCUT2D eigenvalue weighted by Gasteiger charge is 2.34. The molecule has 19 heavy (non-hydrogen) atoms. The van der Waals surface area contributed by atoms with Gasteiger partial charge < -0.3 is 16.0 Å². The van der Waals surface area contributed by atoms with Crippen molar-refractivity contribution in [3.63, 3.8) is 0 Å². The Morgan fingerprint density at radius 2 is 2.16 bits per heavy atom. The van der Waals surface area contributed by atoms with Crippen LogP contribution in [0.25, 0.3) is 0 Å². The van der Waals surface area contributed by atoms with E-state index in [0.717, 1.165) is 43.2 Å². The fourth-order valence-electron chi connectivity index (χ4n) is 2.76. The molecule has 5 heteroatoms. The average Bonchev–Trinajstić information content (AvgIpc) is 3.17. The number of carbonyl (C=O) groups excluding carboxylic acids is 1. The molecule has 2 fully saturated rings. The van der Waals surface area contributed by atoms with Crippen LogP contribution in [0.15, 0.2) is 0 Å². The largest absolute Gasteiger partial charge is 0.397 e. The zero-order chi connectivity index (χ0) is 13.4. The molecule has 1 saturated heterocycles. The number of Topliss-reactive ketones (excluding diaryl/α,β-unsaturated/α-hetero) is 1. The normalized spacial score (nSPS) is 20.4. The van der Waals surface area contributed by atoms with Gasteiger partial charge in [0.15, 0.2) is 5.78 Å². The lowest BCUT2D eigenvalue weighted by atomic mass is 10.1. The molecule has 1 aliphatic heterocycles. The van der Waals surface area contributed by atoms with E-state index in [9.17, 15) is 4.79 Å². The van der Waals surface area contributed by atoms with Crippen molar-refractivity contribution in [2.24, 2.45) is 0 Å². The predicted octanol–water partition coefficient (Wildman–Crippen LogP) is 2.21. The van der Waals surface area contributed by atoms with Gasteiger partial charge in [0.1, 0.15) is 0 Å². The van der Waals surface area contributed by atoms with Gasteiger partial charge in [0, 0.05) is 32.1 Å². The number of nitrogens with one attached hydrogen (secondary N) is 1. The predicted molar refractivity (Wildman–Crippen MR) is 80.4 cm³/mol. The maximum absolute atomic E-state index is 11.7. The number of hydrogen-bond donors (Lipinski definition) is 2. The van der Waals surface area contributed by atoms with Gasteiger partial charge in [-0.3, -0.25) is 4.79 Å². The van der Waals surface area contributed by atoms with E-state index < -0.39 is 0 Å². The quantitative estimate of drug-likeness (QED) is 0.833. The number of ketones is 1. The monoisotopic (exact) mass is 279 g/mol. The molecular weight excluding hydrogens is 258 g/mol. The smallest absolute Gasteiger partial charge is 0.171 e. The Bertz CT molecular complexity index is 485. The molecule has 1 aromatic rings. The van der Waals surface area contributed by atoms with Crippen LogP contribution in [0.5, 0.6) is 0 Å². The second-order valence-corrected chi connectivity index (χ2v) is 6.48. The van der Waals surface area contributed by atoms with Crippen molar-refractivity contribution in [2.75, 3.05) is 36.8 Å². The van der Waals surface area contributed by atoms with Gasteiger partial charge >= 0.3 is 0 Å². The highest BCUT2D eigenvalue weighted by Crippen LogP contribution is 2.52. The van der Waals surface area contributed by atoms with Crippen LogP contribution in [0.4, 0.5) is 10.7 Å². The Balaban J connectivity index is 1.98. The molecule has 0 bridgehead atoms. The summed E-state index contributed by atoms with van der Waals surface area (Å²) in [4.78, 5) is 14.9. The van der Waals surface area contributed by atoms with Crippen LogP contribution in [-0.4, -0.2) is 32.0 Å². The van der Waals surface area contributed by atoms with Crippen LogP contribution >= 0.6 is 11.3 Å². The number of thiophene rings is 1. The van der Waals surface area contributed by atoms with E-state index >= 15 is 0 Å². The summed E-state index contributed by atoms with van der Waals surface area (Å²) in [6, 6.07) is 0. The fourth-order valence-corrected chi connectivity index (χ4v) is 4.01. The number of hydrogen-bond acceptors (Lipinski definition) is 5. The maximum Gasteiger partial charge on any atom is 0.171 e. The maximum atomic E-state index is 11.7. The number of rotatable bonds is 3. The summed E-state index contributed by atoms with van der Waals surface area (Å²) in [6.45, 7) is 5.78. The van der Waals surface area contributed by atoms with Gasteiger partial charge in [-0.15, -0.1) is 11.3 Å². The van der Waals surface area contributed by atoms with Gasteiger partial charge in [-0.05, 0) is 31.7 Å². The number of carbonyl (C=O) groups is 1. The molecule has 3 N–H and O–H groups in total. The summed E-state index contributed by atoms with van der Waals surface area (Å²) < 4.78 is 0. The van der Waals surface area contributed by atoms with Crippen molar-refractivity contribution in [1.82, 2.24) is 5.32 Å². The highest BCUT2D eigenvalue weighted by molar-refractivity contribution is 7.18. The molecular formula is C14H21N3OS.